The van der Waals surface area contributed by atoms with Gasteiger partial charge in [0.2, 0.25) is 0 Å². The van der Waals surface area contributed by atoms with Crippen LogP contribution in [0.15, 0.2) is 22.7 Å². The van der Waals surface area contributed by atoms with Gasteiger partial charge in [-0.25, -0.2) is 0 Å². The molecule has 1 N–H and O–H groups in total. The van der Waals surface area contributed by atoms with Crippen molar-refractivity contribution in [3.05, 3.63) is 33.8 Å². The summed E-state index contributed by atoms with van der Waals surface area (Å²) in [7, 11) is 0. The third kappa shape index (κ3) is 6.55. The molecule has 0 unspecified atom stereocenters. The van der Waals surface area contributed by atoms with E-state index >= 15 is 0 Å². The van der Waals surface area contributed by atoms with Crippen molar-refractivity contribution >= 4 is 15.9 Å². The molecule has 0 radical (unpaired) electrons. The van der Waals surface area contributed by atoms with Crippen molar-refractivity contribution in [1.82, 2.24) is 5.32 Å². The number of hydrogen-bond acceptors (Lipinski definition) is 1. The molecule has 0 saturated heterocycles. The molecule has 1 aromatic rings. The average Bonchev–Trinajstić information content (AvgIpc) is 2.35. The van der Waals surface area contributed by atoms with Crippen LogP contribution >= 0.6 is 15.9 Å². The molecule has 1 nitrogen and oxygen atoms in total. The van der Waals surface area contributed by atoms with Gasteiger partial charge in [-0.15, -0.1) is 0 Å². The number of rotatable bonds is 9. The maximum Gasteiger partial charge on any atom is 0.0222 e. The summed E-state index contributed by atoms with van der Waals surface area (Å²) in [6.45, 7) is 6.49. The Bertz CT molecular complexity index is 336. The highest BCUT2D eigenvalue weighted by molar-refractivity contribution is 9.10. The van der Waals surface area contributed by atoms with Gasteiger partial charge in [-0.2, -0.15) is 0 Å². The van der Waals surface area contributed by atoms with E-state index in [0.29, 0.717) is 0 Å². The van der Waals surface area contributed by atoms with Crippen LogP contribution in [0.1, 0.15) is 56.6 Å². The quantitative estimate of drug-likeness (QED) is 0.617. The van der Waals surface area contributed by atoms with E-state index in [-0.39, 0.29) is 0 Å². The SMILES string of the molecule is CCCCCCCCNCc1ccc(C)cc1Br. The maximum atomic E-state index is 3.62. The smallest absolute Gasteiger partial charge is 0.0222 e. The Morgan fingerprint density at radius 1 is 1.06 bits per heavy atom. The van der Waals surface area contributed by atoms with Crippen molar-refractivity contribution in [3.63, 3.8) is 0 Å². The minimum atomic E-state index is 0.968. The molecule has 1 rings (SSSR count). The first kappa shape index (κ1) is 15.7. The summed E-state index contributed by atoms with van der Waals surface area (Å²) in [6.07, 6.45) is 8.18. The fraction of sp³-hybridized carbons (Fsp3) is 0.625. The Balaban J connectivity index is 2.07. The van der Waals surface area contributed by atoms with Crippen LogP contribution in [0.2, 0.25) is 0 Å². The van der Waals surface area contributed by atoms with Gasteiger partial charge in [0.1, 0.15) is 0 Å². The number of aryl methyl sites for hydroxylation is 1. The van der Waals surface area contributed by atoms with Crippen LogP contribution in [-0.4, -0.2) is 6.54 Å². The summed E-state index contributed by atoms with van der Waals surface area (Å²) in [5.41, 5.74) is 2.66. The number of nitrogens with one attached hydrogen (secondary N) is 1. The molecule has 0 aliphatic carbocycles. The minimum absolute atomic E-state index is 0.968. The topological polar surface area (TPSA) is 12.0 Å². The van der Waals surface area contributed by atoms with Crippen LogP contribution in [0.5, 0.6) is 0 Å². The second-order valence-electron chi connectivity index (χ2n) is 5.04. The Hall–Kier alpha value is -0.340. The first-order valence-electron chi connectivity index (χ1n) is 7.19. The van der Waals surface area contributed by atoms with Gasteiger partial charge in [0, 0.05) is 11.0 Å². The molecule has 0 bridgehead atoms. The van der Waals surface area contributed by atoms with Gasteiger partial charge in [-0.1, -0.05) is 67.1 Å². The van der Waals surface area contributed by atoms with Gasteiger partial charge >= 0.3 is 0 Å². The van der Waals surface area contributed by atoms with Crippen molar-refractivity contribution in [2.45, 2.75) is 58.9 Å². The highest BCUT2D eigenvalue weighted by atomic mass is 79.9. The molecule has 0 aliphatic heterocycles. The van der Waals surface area contributed by atoms with Crippen molar-refractivity contribution in [2.24, 2.45) is 0 Å². The zero-order valence-electron chi connectivity index (χ0n) is 11.8. The van der Waals surface area contributed by atoms with E-state index < -0.39 is 0 Å². The molecule has 0 heterocycles. The van der Waals surface area contributed by atoms with E-state index in [1.165, 1.54) is 54.1 Å². The number of halogens is 1. The minimum Gasteiger partial charge on any atom is -0.313 e. The fourth-order valence-corrected chi connectivity index (χ4v) is 2.68. The van der Waals surface area contributed by atoms with Crippen LogP contribution in [0.4, 0.5) is 0 Å². The molecule has 0 atom stereocenters. The predicted molar refractivity (Wildman–Crippen MR) is 84.0 cm³/mol. The van der Waals surface area contributed by atoms with Crippen LogP contribution in [0.3, 0.4) is 0 Å². The normalized spacial score (nSPS) is 10.8. The fourth-order valence-electron chi connectivity index (χ4n) is 2.05. The Morgan fingerprint density at radius 2 is 1.78 bits per heavy atom. The Kier molecular flexibility index (Phi) is 8.36. The Morgan fingerprint density at radius 3 is 2.50 bits per heavy atom. The van der Waals surface area contributed by atoms with Crippen LogP contribution < -0.4 is 5.32 Å². The molecule has 0 aliphatic rings. The molecule has 0 aromatic heterocycles. The molecule has 102 valence electrons. The summed E-state index contributed by atoms with van der Waals surface area (Å²) in [5.74, 6) is 0. The molecule has 0 fully saturated rings. The number of unbranched alkanes of at least 4 members (excludes halogenated alkanes) is 5. The number of benzene rings is 1. The molecule has 0 spiro atoms. The molecule has 1 aromatic carbocycles. The van der Waals surface area contributed by atoms with Gasteiger partial charge in [-0.05, 0) is 37.1 Å². The zero-order chi connectivity index (χ0) is 13.2. The lowest BCUT2D eigenvalue weighted by molar-refractivity contribution is 0.571. The van der Waals surface area contributed by atoms with Gasteiger partial charge < -0.3 is 5.32 Å². The second-order valence-corrected chi connectivity index (χ2v) is 5.89. The van der Waals surface area contributed by atoms with E-state index in [9.17, 15) is 0 Å². The monoisotopic (exact) mass is 311 g/mol. The van der Waals surface area contributed by atoms with Gasteiger partial charge in [-0.3, -0.25) is 0 Å². The van der Waals surface area contributed by atoms with Crippen molar-refractivity contribution in [2.75, 3.05) is 6.54 Å². The summed E-state index contributed by atoms with van der Waals surface area (Å²) in [5, 5.41) is 3.52. The van der Waals surface area contributed by atoms with E-state index in [0.717, 1.165) is 13.1 Å². The Labute approximate surface area is 120 Å². The van der Waals surface area contributed by atoms with E-state index in [4.69, 9.17) is 0 Å². The van der Waals surface area contributed by atoms with Gasteiger partial charge in [0.05, 0.1) is 0 Å². The summed E-state index contributed by atoms with van der Waals surface area (Å²) < 4.78 is 1.22. The third-order valence-corrected chi connectivity index (χ3v) is 3.97. The first-order valence-corrected chi connectivity index (χ1v) is 7.99. The highest BCUT2D eigenvalue weighted by Crippen LogP contribution is 2.18. The largest absolute Gasteiger partial charge is 0.313 e. The van der Waals surface area contributed by atoms with E-state index in [2.05, 4.69) is 53.3 Å². The van der Waals surface area contributed by atoms with Crippen molar-refractivity contribution in [1.29, 1.82) is 0 Å². The number of hydrogen-bond donors (Lipinski definition) is 1. The molecule has 0 saturated carbocycles. The van der Waals surface area contributed by atoms with Crippen molar-refractivity contribution in [3.8, 4) is 0 Å². The highest BCUT2D eigenvalue weighted by Gasteiger charge is 1.99. The van der Waals surface area contributed by atoms with Gasteiger partial charge in [0.15, 0.2) is 0 Å². The molecular formula is C16H26BrN. The summed E-state index contributed by atoms with van der Waals surface area (Å²) >= 11 is 3.62. The zero-order valence-corrected chi connectivity index (χ0v) is 13.4. The second kappa shape index (κ2) is 9.57. The summed E-state index contributed by atoms with van der Waals surface area (Å²) in [6, 6.07) is 6.56. The molecule has 0 amide bonds. The molecule has 18 heavy (non-hydrogen) atoms. The van der Waals surface area contributed by atoms with Crippen molar-refractivity contribution < 1.29 is 0 Å². The maximum absolute atomic E-state index is 3.62. The van der Waals surface area contributed by atoms with Crippen LogP contribution in [-0.2, 0) is 6.54 Å². The van der Waals surface area contributed by atoms with Crippen LogP contribution in [0.25, 0.3) is 0 Å². The molecule has 2 heteroatoms. The van der Waals surface area contributed by atoms with E-state index in [1.54, 1.807) is 0 Å². The lowest BCUT2D eigenvalue weighted by Gasteiger charge is -2.07. The molecular weight excluding hydrogens is 286 g/mol. The predicted octanol–water partition coefficient (Wildman–Crippen LogP) is 5.21. The van der Waals surface area contributed by atoms with Crippen LogP contribution in [0, 0.1) is 6.92 Å². The first-order chi connectivity index (χ1) is 8.74. The lowest BCUT2D eigenvalue weighted by Crippen LogP contribution is -2.15. The average molecular weight is 312 g/mol. The van der Waals surface area contributed by atoms with E-state index in [1.807, 2.05) is 0 Å². The third-order valence-electron chi connectivity index (χ3n) is 3.23. The summed E-state index contributed by atoms with van der Waals surface area (Å²) in [4.78, 5) is 0. The lowest BCUT2D eigenvalue weighted by atomic mass is 10.1. The standard InChI is InChI=1S/C16H26BrN/c1-3-4-5-6-7-8-11-18-13-15-10-9-14(2)12-16(15)17/h9-10,12,18H,3-8,11,13H2,1-2H3. The van der Waals surface area contributed by atoms with Gasteiger partial charge in [0.25, 0.3) is 0 Å².